The van der Waals surface area contributed by atoms with Crippen LogP contribution < -0.4 is 11.2 Å². The zero-order valence-corrected chi connectivity index (χ0v) is 17.1. The van der Waals surface area contributed by atoms with Crippen LogP contribution in [0.1, 0.15) is 13.8 Å². The Morgan fingerprint density at radius 3 is 2.55 bits per heavy atom. The van der Waals surface area contributed by atoms with E-state index < -0.39 is 28.3 Å². The first-order valence-electron chi connectivity index (χ1n) is 8.82. The average Bonchev–Trinajstić information content (AvgIpc) is 2.70. The summed E-state index contributed by atoms with van der Waals surface area (Å²) in [5.74, 6) is -1.01. The van der Waals surface area contributed by atoms with Crippen LogP contribution in [0.4, 0.5) is 4.39 Å². The quantitative estimate of drug-likeness (QED) is 0.355. The molecule has 0 N–H and O–H groups in total. The average molecular weight is 418 g/mol. The summed E-state index contributed by atoms with van der Waals surface area (Å²) in [5, 5.41) is -0.427. The number of ether oxygens (including phenoxy) is 1. The number of rotatable bonds is 5. The second-order valence-electron chi connectivity index (χ2n) is 6.25. The topological polar surface area (TPSA) is 96.1 Å². The van der Waals surface area contributed by atoms with E-state index in [0.29, 0.717) is 0 Å². The van der Waals surface area contributed by atoms with Crippen LogP contribution in [-0.2, 0) is 23.6 Å². The van der Waals surface area contributed by atoms with Gasteiger partial charge in [-0.05, 0) is 26.0 Å². The lowest BCUT2D eigenvalue weighted by atomic mass is 10.2. The van der Waals surface area contributed by atoms with Gasteiger partial charge in [-0.25, -0.2) is 19.2 Å². The predicted molar refractivity (Wildman–Crippen MR) is 107 cm³/mol. The third-order valence-corrected chi connectivity index (χ3v) is 5.35. The van der Waals surface area contributed by atoms with Crippen molar-refractivity contribution in [3.8, 4) is 11.4 Å². The highest BCUT2D eigenvalue weighted by molar-refractivity contribution is 8.00. The molecule has 10 heteroatoms. The Kier molecular flexibility index (Phi) is 5.83. The van der Waals surface area contributed by atoms with Crippen LogP contribution >= 0.6 is 11.8 Å². The maximum absolute atomic E-state index is 14.3. The fourth-order valence-corrected chi connectivity index (χ4v) is 3.69. The number of halogens is 1. The molecule has 0 fully saturated rings. The Labute approximate surface area is 169 Å². The van der Waals surface area contributed by atoms with E-state index in [1.807, 2.05) is 0 Å². The van der Waals surface area contributed by atoms with E-state index in [0.717, 1.165) is 16.3 Å². The van der Waals surface area contributed by atoms with E-state index in [-0.39, 0.29) is 34.1 Å². The molecule has 0 unspecified atom stereocenters. The van der Waals surface area contributed by atoms with Crippen molar-refractivity contribution in [3.05, 3.63) is 50.9 Å². The first-order valence-corrected chi connectivity index (χ1v) is 9.70. The predicted octanol–water partition coefficient (Wildman–Crippen LogP) is 1.88. The van der Waals surface area contributed by atoms with Crippen LogP contribution in [0, 0.1) is 5.82 Å². The number of carbonyl (C=O) groups excluding carboxylic acids is 1. The van der Waals surface area contributed by atoms with Gasteiger partial charge in [-0.1, -0.05) is 23.9 Å². The summed E-state index contributed by atoms with van der Waals surface area (Å²) in [6.45, 7) is 3.52. The molecule has 0 aliphatic carbocycles. The highest BCUT2D eigenvalue weighted by atomic mass is 32.2. The number of carbonyl (C=O) groups is 1. The van der Waals surface area contributed by atoms with Crippen LogP contribution in [0.15, 0.2) is 38.9 Å². The molecule has 0 saturated heterocycles. The van der Waals surface area contributed by atoms with Gasteiger partial charge >= 0.3 is 11.7 Å². The van der Waals surface area contributed by atoms with Gasteiger partial charge in [0.05, 0.1) is 12.2 Å². The number of aromatic nitrogens is 4. The van der Waals surface area contributed by atoms with Gasteiger partial charge in [-0.3, -0.25) is 18.7 Å². The first kappa shape index (κ1) is 20.7. The van der Waals surface area contributed by atoms with Gasteiger partial charge in [0.1, 0.15) is 21.5 Å². The molecule has 1 aromatic carbocycles. The summed E-state index contributed by atoms with van der Waals surface area (Å²) < 4.78 is 21.5. The number of thioether (sulfide) groups is 1. The van der Waals surface area contributed by atoms with Crippen molar-refractivity contribution < 1.29 is 13.9 Å². The third kappa shape index (κ3) is 3.80. The molecular weight excluding hydrogens is 399 g/mol. The number of nitrogens with zero attached hydrogens (tertiary/aromatic N) is 4. The summed E-state index contributed by atoms with van der Waals surface area (Å²) in [6, 6.07) is 5.92. The van der Waals surface area contributed by atoms with E-state index in [1.165, 1.54) is 36.9 Å². The van der Waals surface area contributed by atoms with Gasteiger partial charge in [0.25, 0.3) is 5.56 Å². The largest absolute Gasteiger partial charge is 0.465 e. The second-order valence-corrected chi connectivity index (χ2v) is 7.58. The van der Waals surface area contributed by atoms with Crippen LogP contribution in [0.25, 0.3) is 22.4 Å². The molecule has 3 rings (SSSR count). The zero-order valence-electron chi connectivity index (χ0n) is 16.3. The van der Waals surface area contributed by atoms with E-state index in [4.69, 9.17) is 4.74 Å². The van der Waals surface area contributed by atoms with Gasteiger partial charge in [0.15, 0.2) is 11.5 Å². The minimum absolute atomic E-state index is 0.0115. The van der Waals surface area contributed by atoms with Gasteiger partial charge in [0.2, 0.25) is 0 Å². The van der Waals surface area contributed by atoms with Crippen LogP contribution in [0.3, 0.4) is 0 Å². The molecular formula is C19H19FN4O4S. The smallest absolute Gasteiger partial charge is 0.332 e. The Balaban J connectivity index is 2.32. The number of fused-ring (bicyclic) bond motifs is 1. The fourth-order valence-electron chi connectivity index (χ4n) is 2.75. The van der Waals surface area contributed by atoms with Crippen molar-refractivity contribution >= 4 is 28.8 Å². The molecule has 2 heterocycles. The van der Waals surface area contributed by atoms with Crippen LogP contribution in [0.2, 0.25) is 0 Å². The molecule has 0 radical (unpaired) electrons. The van der Waals surface area contributed by atoms with Crippen molar-refractivity contribution in [2.75, 3.05) is 6.61 Å². The molecule has 29 heavy (non-hydrogen) atoms. The van der Waals surface area contributed by atoms with Gasteiger partial charge in [0, 0.05) is 14.1 Å². The van der Waals surface area contributed by atoms with Crippen LogP contribution in [0.5, 0.6) is 0 Å². The Bertz CT molecular complexity index is 1220. The van der Waals surface area contributed by atoms with Crippen molar-refractivity contribution in [3.63, 3.8) is 0 Å². The monoisotopic (exact) mass is 418 g/mol. The molecule has 3 aromatic rings. The summed E-state index contributed by atoms with van der Waals surface area (Å²) in [6.07, 6.45) is 0. The first-order chi connectivity index (χ1) is 13.8. The lowest BCUT2D eigenvalue weighted by molar-refractivity contribution is -0.142. The molecule has 2 aromatic heterocycles. The van der Waals surface area contributed by atoms with Crippen molar-refractivity contribution in [1.29, 1.82) is 0 Å². The number of aryl methyl sites for hydroxylation is 1. The number of benzene rings is 1. The highest BCUT2D eigenvalue weighted by Gasteiger charge is 2.23. The van der Waals surface area contributed by atoms with Crippen molar-refractivity contribution in [2.45, 2.75) is 24.1 Å². The Hall–Kier alpha value is -3.01. The van der Waals surface area contributed by atoms with E-state index in [2.05, 4.69) is 9.97 Å². The van der Waals surface area contributed by atoms with Crippen molar-refractivity contribution in [1.82, 2.24) is 19.1 Å². The van der Waals surface area contributed by atoms with Gasteiger partial charge < -0.3 is 4.74 Å². The lowest BCUT2D eigenvalue weighted by Crippen LogP contribution is -2.37. The molecule has 0 spiro atoms. The molecule has 1 atom stereocenters. The van der Waals surface area contributed by atoms with E-state index in [9.17, 15) is 18.8 Å². The third-order valence-electron chi connectivity index (χ3n) is 4.29. The van der Waals surface area contributed by atoms with E-state index in [1.54, 1.807) is 19.9 Å². The molecule has 0 aliphatic rings. The highest BCUT2D eigenvalue weighted by Crippen LogP contribution is 2.30. The number of hydrogen-bond donors (Lipinski definition) is 0. The SMILES string of the molecule is CCOC(=O)[C@H](C)Sc1nc(-c2ccccc2F)nc2c1c(=O)n(C)c(=O)n2C. The number of esters is 1. The summed E-state index contributed by atoms with van der Waals surface area (Å²) in [5.41, 5.74) is -0.991. The lowest BCUT2D eigenvalue weighted by Gasteiger charge is -2.14. The number of hydrogen-bond acceptors (Lipinski definition) is 7. The normalized spacial score (nSPS) is 12.2. The Morgan fingerprint density at radius 1 is 1.21 bits per heavy atom. The minimum Gasteiger partial charge on any atom is -0.465 e. The maximum atomic E-state index is 14.3. The zero-order chi connectivity index (χ0) is 21.3. The van der Waals surface area contributed by atoms with E-state index >= 15 is 0 Å². The fraction of sp³-hybridized carbons (Fsp3) is 0.316. The standard InChI is InChI=1S/C19H19FN4O4S/c1-5-28-18(26)10(2)29-16-13-15(23(3)19(27)24(4)17(13)25)21-14(22-16)11-8-6-7-9-12(11)20/h6-10H,5H2,1-4H3/t10-/m0/s1. The maximum Gasteiger partial charge on any atom is 0.332 e. The van der Waals surface area contributed by atoms with Crippen LogP contribution in [-0.4, -0.2) is 36.9 Å². The second kappa shape index (κ2) is 8.16. The molecule has 8 nitrogen and oxygen atoms in total. The molecule has 0 amide bonds. The molecule has 0 bridgehead atoms. The Morgan fingerprint density at radius 2 is 1.90 bits per heavy atom. The molecule has 0 aliphatic heterocycles. The van der Waals surface area contributed by atoms with Crippen molar-refractivity contribution in [2.24, 2.45) is 14.1 Å². The summed E-state index contributed by atoms with van der Waals surface area (Å²) in [7, 11) is 2.81. The van der Waals surface area contributed by atoms with Gasteiger partial charge in [-0.15, -0.1) is 0 Å². The summed E-state index contributed by atoms with van der Waals surface area (Å²) >= 11 is 0.996. The summed E-state index contributed by atoms with van der Waals surface area (Å²) in [4.78, 5) is 45.9. The minimum atomic E-state index is -0.677. The molecule has 152 valence electrons. The molecule has 0 saturated carbocycles. The van der Waals surface area contributed by atoms with Gasteiger partial charge in [-0.2, -0.15) is 0 Å².